The summed E-state index contributed by atoms with van der Waals surface area (Å²) < 4.78 is 10.6. The van der Waals surface area contributed by atoms with E-state index >= 15 is 0 Å². The number of likely N-dealkylation sites (N-methyl/N-ethyl adjacent to an activating group) is 1. The molecule has 2 atom stereocenters. The van der Waals surface area contributed by atoms with Gasteiger partial charge in [-0.1, -0.05) is 0 Å². The van der Waals surface area contributed by atoms with E-state index in [2.05, 4.69) is 4.90 Å². The normalized spacial score (nSPS) is 20.8. The molecule has 1 aromatic carbocycles. The Morgan fingerprint density at radius 2 is 2.00 bits per heavy atom. The zero-order valence-electron chi connectivity index (χ0n) is 11.5. The second-order valence-corrected chi connectivity index (χ2v) is 4.75. The Kier molecular flexibility index (Phi) is 4.26. The summed E-state index contributed by atoms with van der Waals surface area (Å²) in [5.74, 6) is 1.34. The molecule has 0 aromatic heterocycles. The first-order valence-electron chi connectivity index (χ1n) is 6.23. The van der Waals surface area contributed by atoms with Crippen molar-refractivity contribution in [1.82, 2.24) is 4.90 Å². The predicted octanol–water partition coefficient (Wildman–Crippen LogP) is 0.00470. The van der Waals surface area contributed by atoms with Gasteiger partial charge < -0.3 is 14.7 Å². The van der Waals surface area contributed by atoms with Crippen LogP contribution in [0.4, 0.5) is 0 Å². The standard InChI is InChI=1S/C13H20N2O4/c1-14-5-4-9-6-12(18-2)13(19-3)7-10(9)11(14)8-15(16)17/h6-7,11,15-16H,4-5,8H2,1-3H3/t11-/m0/s1. The van der Waals surface area contributed by atoms with Gasteiger partial charge in [-0.05, 0) is 36.7 Å². The first kappa shape index (κ1) is 14.1. The van der Waals surface area contributed by atoms with E-state index in [9.17, 15) is 5.21 Å². The highest BCUT2D eigenvalue weighted by Gasteiger charge is 2.28. The molecule has 6 nitrogen and oxygen atoms in total. The van der Waals surface area contributed by atoms with Gasteiger partial charge >= 0.3 is 0 Å². The lowest BCUT2D eigenvalue weighted by molar-refractivity contribution is -1.05. The Balaban J connectivity index is 2.42. The molecule has 0 spiro atoms. The van der Waals surface area contributed by atoms with Crippen molar-refractivity contribution >= 4 is 0 Å². The molecule has 0 saturated heterocycles. The van der Waals surface area contributed by atoms with Gasteiger partial charge in [-0.15, -0.1) is 0 Å². The van der Waals surface area contributed by atoms with Crippen LogP contribution in [0.3, 0.4) is 0 Å². The molecule has 0 saturated carbocycles. The van der Waals surface area contributed by atoms with E-state index in [1.165, 1.54) is 0 Å². The SMILES string of the molecule is COc1cc2c(cc1OC)[C@H](C[NH+]([O-])O)N(C)CC2. The average molecular weight is 268 g/mol. The van der Waals surface area contributed by atoms with E-state index in [1.807, 2.05) is 19.2 Å². The summed E-state index contributed by atoms with van der Waals surface area (Å²) in [6, 6.07) is 3.74. The highest BCUT2D eigenvalue weighted by molar-refractivity contribution is 5.49. The van der Waals surface area contributed by atoms with Crippen LogP contribution in [0.1, 0.15) is 17.2 Å². The number of quaternary nitrogens is 1. The van der Waals surface area contributed by atoms with Crippen LogP contribution in [-0.2, 0) is 6.42 Å². The third kappa shape index (κ3) is 2.82. The van der Waals surface area contributed by atoms with Crippen molar-refractivity contribution in [1.29, 1.82) is 0 Å². The molecule has 0 amide bonds. The first-order valence-corrected chi connectivity index (χ1v) is 6.23. The van der Waals surface area contributed by atoms with Crippen molar-refractivity contribution in [3.8, 4) is 11.5 Å². The van der Waals surface area contributed by atoms with Gasteiger partial charge in [0.15, 0.2) is 11.5 Å². The van der Waals surface area contributed by atoms with E-state index in [-0.39, 0.29) is 12.6 Å². The van der Waals surface area contributed by atoms with Crippen LogP contribution in [-0.4, -0.2) is 44.5 Å². The van der Waals surface area contributed by atoms with Crippen molar-refractivity contribution in [2.75, 3.05) is 34.4 Å². The lowest BCUT2D eigenvalue weighted by Crippen LogP contribution is -3.05. The molecule has 1 heterocycles. The Morgan fingerprint density at radius 1 is 1.37 bits per heavy atom. The molecule has 0 fully saturated rings. The van der Waals surface area contributed by atoms with Gasteiger partial charge in [0, 0.05) is 6.54 Å². The maximum Gasteiger partial charge on any atom is 0.161 e. The molecular formula is C13H20N2O4. The van der Waals surface area contributed by atoms with Gasteiger partial charge in [0.05, 0.1) is 20.3 Å². The third-order valence-electron chi connectivity index (χ3n) is 3.64. The van der Waals surface area contributed by atoms with Gasteiger partial charge in [-0.3, -0.25) is 4.90 Å². The van der Waals surface area contributed by atoms with Crippen molar-refractivity contribution in [3.05, 3.63) is 28.5 Å². The van der Waals surface area contributed by atoms with Crippen LogP contribution in [0.2, 0.25) is 0 Å². The Bertz CT molecular complexity index is 451. The highest BCUT2D eigenvalue weighted by Crippen LogP contribution is 2.36. The zero-order valence-corrected chi connectivity index (χ0v) is 11.5. The molecule has 2 N–H and O–H groups in total. The number of hydrogen-bond donors (Lipinski definition) is 2. The molecule has 6 heteroatoms. The molecule has 106 valence electrons. The molecule has 0 radical (unpaired) electrons. The Hall–Kier alpha value is -1.34. The topological polar surface area (TPSA) is 69.4 Å². The minimum atomic E-state index is -0.792. The summed E-state index contributed by atoms with van der Waals surface area (Å²) >= 11 is 0. The maximum absolute atomic E-state index is 11.0. The summed E-state index contributed by atoms with van der Waals surface area (Å²) in [7, 11) is 5.14. The average Bonchev–Trinajstić information content (AvgIpc) is 2.40. The van der Waals surface area contributed by atoms with Crippen LogP contribution in [0.5, 0.6) is 11.5 Å². The Labute approximate surface area is 112 Å². The van der Waals surface area contributed by atoms with Crippen molar-refractivity contribution in [3.63, 3.8) is 0 Å². The summed E-state index contributed by atoms with van der Waals surface area (Å²) in [5, 5.41) is 19.3. The number of hydrogen-bond acceptors (Lipinski definition) is 5. The summed E-state index contributed by atoms with van der Waals surface area (Å²) in [6.45, 7) is 0.944. The number of methoxy groups -OCH3 is 2. The maximum atomic E-state index is 11.0. The fourth-order valence-electron chi connectivity index (χ4n) is 2.58. The second kappa shape index (κ2) is 5.75. The number of fused-ring (bicyclic) bond motifs is 1. The van der Waals surface area contributed by atoms with Gasteiger partial charge in [0.2, 0.25) is 0 Å². The largest absolute Gasteiger partial charge is 0.600 e. The molecule has 19 heavy (non-hydrogen) atoms. The van der Waals surface area contributed by atoms with Gasteiger partial charge in [-0.25, -0.2) is 10.4 Å². The molecule has 2 rings (SSSR count). The first-order chi connectivity index (χ1) is 9.06. The van der Waals surface area contributed by atoms with E-state index in [4.69, 9.17) is 14.7 Å². The predicted molar refractivity (Wildman–Crippen MR) is 69.6 cm³/mol. The summed E-state index contributed by atoms with van der Waals surface area (Å²) in [5.41, 5.74) is 2.16. The fourth-order valence-corrected chi connectivity index (χ4v) is 2.58. The lowest BCUT2D eigenvalue weighted by Gasteiger charge is -2.35. The smallest absolute Gasteiger partial charge is 0.161 e. The number of benzene rings is 1. The molecule has 1 aromatic rings. The molecule has 1 aliphatic rings. The quantitative estimate of drug-likeness (QED) is 0.753. The lowest BCUT2D eigenvalue weighted by atomic mass is 9.92. The van der Waals surface area contributed by atoms with Crippen LogP contribution in [0.25, 0.3) is 0 Å². The Morgan fingerprint density at radius 3 is 2.58 bits per heavy atom. The summed E-state index contributed by atoms with van der Waals surface area (Å²) in [6.07, 6.45) is 0.891. The monoisotopic (exact) mass is 268 g/mol. The van der Waals surface area contributed by atoms with E-state index in [0.29, 0.717) is 11.5 Å². The number of hydroxylamine groups is 2. The zero-order chi connectivity index (χ0) is 14.0. The number of ether oxygens (including phenoxy) is 2. The van der Waals surface area contributed by atoms with Crippen molar-refractivity contribution in [2.24, 2.45) is 0 Å². The van der Waals surface area contributed by atoms with Crippen molar-refractivity contribution < 1.29 is 19.9 Å². The fraction of sp³-hybridized carbons (Fsp3) is 0.538. The summed E-state index contributed by atoms with van der Waals surface area (Å²) in [4.78, 5) is 2.07. The van der Waals surface area contributed by atoms with Gasteiger partial charge in [0.1, 0.15) is 6.54 Å². The van der Waals surface area contributed by atoms with Crippen LogP contribution >= 0.6 is 0 Å². The number of rotatable bonds is 4. The molecule has 1 aliphatic heterocycles. The van der Waals surface area contributed by atoms with Crippen LogP contribution in [0, 0.1) is 5.21 Å². The van der Waals surface area contributed by atoms with Crippen molar-refractivity contribution in [2.45, 2.75) is 12.5 Å². The van der Waals surface area contributed by atoms with E-state index < -0.39 is 5.23 Å². The van der Waals surface area contributed by atoms with Gasteiger partial charge in [0.25, 0.3) is 0 Å². The number of nitrogens with zero attached hydrogens (tertiary/aromatic N) is 1. The molecular weight excluding hydrogens is 248 g/mol. The van der Waals surface area contributed by atoms with Crippen LogP contribution in [0.15, 0.2) is 12.1 Å². The van der Waals surface area contributed by atoms with Gasteiger partial charge in [-0.2, -0.15) is 0 Å². The number of nitrogens with one attached hydrogen (secondary N) is 1. The third-order valence-corrected chi connectivity index (χ3v) is 3.64. The second-order valence-electron chi connectivity index (χ2n) is 4.75. The minimum absolute atomic E-state index is 0.0962. The van der Waals surface area contributed by atoms with E-state index in [0.717, 1.165) is 24.1 Å². The molecule has 0 bridgehead atoms. The highest BCUT2D eigenvalue weighted by atomic mass is 16.8. The van der Waals surface area contributed by atoms with Crippen LogP contribution < -0.4 is 14.7 Å². The minimum Gasteiger partial charge on any atom is -0.600 e. The molecule has 0 aliphatic carbocycles. The van der Waals surface area contributed by atoms with E-state index in [1.54, 1.807) is 14.2 Å². The molecule has 1 unspecified atom stereocenters.